The molecule has 0 unspecified atom stereocenters. The highest BCUT2D eigenvalue weighted by Crippen LogP contribution is 2.36. The fourth-order valence-corrected chi connectivity index (χ4v) is 5.29. The van der Waals surface area contributed by atoms with E-state index in [1.54, 1.807) is 12.1 Å². The predicted octanol–water partition coefficient (Wildman–Crippen LogP) is 7.01. The van der Waals surface area contributed by atoms with Crippen LogP contribution in [-0.2, 0) is 4.79 Å². The third-order valence-electron chi connectivity index (χ3n) is 7.22. The number of carbonyl (C=O) groups excluding carboxylic acids is 1. The number of aromatic hydroxyl groups is 1. The highest BCUT2D eigenvalue weighted by Gasteiger charge is 2.20. The van der Waals surface area contributed by atoms with Crippen LogP contribution in [0.1, 0.15) is 88.2 Å². The van der Waals surface area contributed by atoms with Gasteiger partial charge in [-0.15, -0.1) is 0 Å². The van der Waals surface area contributed by atoms with Crippen molar-refractivity contribution in [3.63, 3.8) is 0 Å². The van der Waals surface area contributed by atoms with Crippen LogP contribution >= 0.6 is 0 Å². The van der Waals surface area contributed by atoms with E-state index >= 15 is 0 Å². The molecule has 2 N–H and O–H groups in total. The van der Waals surface area contributed by atoms with E-state index in [1.165, 1.54) is 60.8 Å². The maximum absolute atomic E-state index is 12.2. The molecule has 0 radical (unpaired) electrons. The van der Waals surface area contributed by atoms with Crippen molar-refractivity contribution in [3.8, 4) is 11.5 Å². The molecule has 182 valence electrons. The average molecular weight is 462 g/mol. The molecule has 1 amide bonds. The van der Waals surface area contributed by atoms with E-state index in [0.717, 1.165) is 50.8 Å². The Morgan fingerprint density at radius 3 is 2.12 bits per heavy atom. The van der Waals surface area contributed by atoms with Crippen LogP contribution in [-0.4, -0.2) is 24.2 Å². The Kier molecular flexibility index (Phi) is 9.06. The Morgan fingerprint density at radius 1 is 0.824 bits per heavy atom. The number of hydrogen-bond donors (Lipinski definition) is 2. The molecule has 2 aliphatic carbocycles. The summed E-state index contributed by atoms with van der Waals surface area (Å²) in [7, 11) is 0. The predicted molar refractivity (Wildman–Crippen MR) is 138 cm³/mol. The third kappa shape index (κ3) is 6.88. The Bertz CT molecular complexity index is 932. The van der Waals surface area contributed by atoms with Gasteiger partial charge in [-0.1, -0.05) is 55.5 Å². The topological polar surface area (TPSA) is 58.6 Å². The van der Waals surface area contributed by atoms with E-state index in [1.807, 2.05) is 12.1 Å². The molecule has 0 saturated heterocycles. The highest BCUT2D eigenvalue weighted by molar-refractivity contribution is 5.82. The van der Waals surface area contributed by atoms with Gasteiger partial charge in [0.05, 0.1) is 6.61 Å². The number of phenolic OH excluding ortho intramolecular Hbond substituents is 1. The molecular formula is C30H39NO3. The summed E-state index contributed by atoms with van der Waals surface area (Å²) in [5.74, 6) is 1.66. The third-order valence-corrected chi connectivity index (χ3v) is 7.22. The summed E-state index contributed by atoms with van der Waals surface area (Å²) < 4.78 is 5.97. The number of rotatable bonds is 9. The molecule has 4 nitrogen and oxygen atoms in total. The second kappa shape index (κ2) is 12.6. The monoisotopic (exact) mass is 461 g/mol. The van der Waals surface area contributed by atoms with Crippen LogP contribution in [0.3, 0.4) is 0 Å². The summed E-state index contributed by atoms with van der Waals surface area (Å²) in [6.07, 6.45) is 13.7. The van der Waals surface area contributed by atoms with Crippen LogP contribution in [0.15, 0.2) is 54.1 Å². The molecule has 0 bridgehead atoms. The van der Waals surface area contributed by atoms with Crippen LogP contribution < -0.4 is 10.1 Å². The largest absolute Gasteiger partial charge is 0.508 e. The highest BCUT2D eigenvalue weighted by atomic mass is 16.5. The lowest BCUT2D eigenvalue weighted by Crippen LogP contribution is -2.32. The zero-order valence-corrected chi connectivity index (χ0v) is 20.4. The van der Waals surface area contributed by atoms with Gasteiger partial charge in [-0.05, 0) is 92.3 Å². The zero-order valence-electron chi connectivity index (χ0n) is 20.4. The molecule has 2 aromatic carbocycles. The van der Waals surface area contributed by atoms with Gasteiger partial charge in [-0.3, -0.25) is 4.79 Å². The average Bonchev–Trinajstić information content (AvgIpc) is 2.89. The number of carbonyl (C=O) groups is 1. The molecule has 2 aliphatic rings. The minimum absolute atomic E-state index is 0.235. The zero-order chi connectivity index (χ0) is 23.6. The standard InChI is InChI=1S/C30H39NO3/c32-27-17-13-24(14-18-27)29(23-9-3-1-4-10-23)25-15-19-28(20-16-25)34-22-8-7-21-31-30(33)26-11-5-2-6-12-26/h13-20,26,32H,1-12,21-22H2,(H,31,33). The fraction of sp³-hybridized carbons (Fsp3) is 0.500. The fourth-order valence-electron chi connectivity index (χ4n) is 5.29. The number of allylic oxidation sites excluding steroid dienone is 1. The van der Waals surface area contributed by atoms with Crippen LogP contribution in [0.4, 0.5) is 0 Å². The molecular weight excluding hydrogens is 422 g/mol. The first-order valence-electron chi connectivity index (χ1n) is 13.2. The lowest BCUT2D eigenvalue weighted by atomic mass is 9.85. The quantitative estimate of drug-likeness (QED) is 0.395. The van der Waals surface area contributed by atoms with Gasteiger partial charge >= 0.3 is 0 Å². The first kappa shape index (κ1) is 24.4. The number of hydrogen-bond acceptors (Lipinski definition) is 3. The second-order valence-corrected chi connectivity index (χ2v) is 9.79. The molecule has 0 aliphatic heterocycles. The Morgan fingerprint density at radius 2 is 1.44 bits per heavy atom. The van der Waals surface area contributed by atoms with Gasteiger partial charge in [0.15, 0.2) is 0 Å². The Labute approximate surface area is 204 Å². The normalized spacial score (nSPS) is 16.8. The minimum atomic E-state index is 0.235. The summed E-state index contributed by atoms with van der Waals surface area (Å²) in [6.45, 7) is 1.39. The number of phenols is 1. The molecule has 34 heavy (non-hydrogen) atoms. The van der Waals surface area contributed by atoms with E-state index in [-0.39, 0.29) is 11.8 Å². The van der Waals surface area contributed by atoms with E-state index in [4.69, 9.17) is 4.74 Å². The van der Waals surface area contributed by atoms with Crippen molar-refractivity contribution >= 4 is 11.5 Å². The van der Waals surface area contributed by atoms with E-state index in [2.05, 4.69) is 29.6 Å². The SMILES string of the molecule is O=C(NCCCCOc1ccc(C(=C2CCCCC2)c2ccc(O)cc2)cc1)C1CCCCC1. The first-order valence-corrected chi connectivity index (χ1v) is 13.2. The van der Waals surface area contributed by atoms with E-state index in [9.17, 15) is 9.90 Å². The van der Waals surface area contributed by atoms with Gasteiger partial charge in [0.2, 0.25) is 5.91 Å². The van der Waals surface area contributed by atoms with Gasteiger partial charge in [0.25, 0.3) is 0 Å². The maximum Gasteiger partial charge on any atom is 0.223 e. The van der Waals surface area contributed by atoms with Crippen molar-refractivity contribution in [1.82, 2.24) is 5.32 Å². The van der Waals surface area contributed by atoms with Crippen molar-refractivity contribution < 1.29 is 14.6 Å². The number of ether oxygens (including phenoxy) is 1. The van der Waals surface area contributed by atoms with E-state index < -0.39 is 0 Å². The second-order valence-electron chi connectivity index (χ2n) is 9.79. The summed E-state index contributed by atoms with van der Waals surface area (Å²) >= 11 is 0. The molecule has 4 rings (SSSR count). The van der Waals surface area contributed by atoms with Gasteiger partial charge in [-0.2, -0.15) is 0 Å². The van der Waals surface area contributed by atoms with Crippen LogP contribution in [0, 0.1) is 5.92 Å². The van der Waals surface area contributed by atoms with Crippen LogP contribution in [0.25, 0.3) is 5.57 Å². The van der Waals surface area contributed by atoms with Gasteiger partial charge in [-0.25, -0.2) is 0 Å². The van der Waals surface area contributed by atoms with Gasteiger partial charge in [0, 0.05) is 12.5 Å². The summed E-state index contributed by atoms with van der Waals surface area (Å²) in [5, 5.41) is 12.8. The number of benzene rings is 2. The molecule has 0 atom stereocenters. The lowest BCUT2D eigenvalue weighted by molar-refractivity contribution is -0.125. The van der Waals surface area contributed by atoms with Gasteiger partial charge < -0.3 is 15.2 Å². The number of unbranched alkanes of at least 4 members (excludes halogenated alkanes) is 1. The summed E-state index contributed by atoms with van der Waals surface area (Å²) in [5.41, 5.74) is 5.19. The molecule has 2 saturated carbocycles. The van der Waals surface area contributed by atoms with Crippen molar-refractivity contribution in [2.45, 2.75) is 77.0 Å². The summed E-state index contributed by atoms with van der Waals surface area (Å²) in [6, 6.07) is 16.0. The van der Waals surface area contributed by atoms with Crippen LogP contribution in [0.2, 0.25) is 0 Å². The van der Waals surface area contributed by atoms with Crippen molar-refractivity contribution in [1.29, 1.82) is 0 Å². The lowest BCUT2D eigenvalue weighted by Gasteiger charge is -2.21. The summed E-state index contributed by atoms with van der Waals surface area (Å²) in [4.78, 5) is 12.2. The molecule has 0 spiro atoms. The molecule has 2 fully saturated rings. The molecule has 0 heterocycles. The molecule has 0 aromatic heterocycles. The first-order chi connectivity index (χ1) is 16.7. The van der Waals surface area contributed by atoms with E-state index in [0.29, 0.717) is 12.4 Å². The number of nitrogens with one attached hydrogen (secondary N) is 1. The molecule has 4 heteroatoms. The Hall–Kier alpha value is -2.75. The van der Waals surface area contributed by atoms with Crippen molar-refractivity contribution in [2.75, 3.05) is 13.2 Å². The maximum atomic E-state index is 12.2. The van der Waals surface area contributed by atoms with Gasteiger partial charge in [0.1, 0.15) is 11.5 Å². The van der Waals surface area contributed by atoms with Crippen molar-refractivity contribution in [3.05, 3.63) is 65.2 Å². The van der Waals surface area contributed by atoms with Crippen molar-refractivity contribution in [2.24, 2.45) is 5.92 Å². The number of amides is 1. The van der Waals surface area contributed by atoms with Crippen LogP contribution in [0.5, 0.6) is 11.5 Å². The Balaban J connectivity index is 1.27. The smallest absolute Gasteiger partial charge is 0.223 e. The molecule has 2 aromatic rings. The minimum Gasteiger partial charge on any atom is -0.508 e.